The largest absolute Gasteiger partial charge is 0.292 e. The molecule has 4 rings (SSSR count). The van der Waals surface area contributed by atoms with Crippen LogP contribution in [0.25, 0.3) is 22.5 Å². The van der Waals surface area contributed by atoms with Crippen molar-refractivity contribution in [2.75, 3.05) is 0 Å². The Bertz CT molecular complexity index is 1060. The standard InChI is InChI=1S/C21H15FN4O/c22-19-12-10-18(11-13-19)21-23-25-26(24-21)14-20(27)17-8-6-16(7-9-17)15-4-2-1-3-5-15/h1-13H,14H2. The highest BCUT2D eigenvalue weighted by molar-refractivity contribution is 5.96. The number of hydrogen-bond donors (Lipinski definition) is 0. The fraction of sp³-hybridized carbons (Fsp3) is 0.0476. The Morgan fingerprint density at radius 1 is 0.815 bits per heavy atom. The molecule has 0 saturated heterocycles. The lowest BCUT2D eigenvalue weighted by molar-refractivity contribution is 0.0961. The molecule has 0 fully saturated rings. The molecule has 6 heteroatoms. The van der Waals surface area contributed by atoms with Gasteiger partial charge in [-0.1, -0.05) is 54.6 Å². The molecule has 0 saturated carbocycles. The quantitative estimate of drug-likeness (QED) is 0.506. The van der Waals surface area contributed by atoms with Crippen LogP contribution in [0.3, 0.4) is 0 Å². The van der Waals surface area contributed by atoms with Gasteiger partial charge in [0.05, 0.1) is 0 Å². The minimum absolute atomic E-state index is 0.0150. The predicted octanol–water partition coefficient (Wildman–Crippen LogP) is 4.03. The molecule has 3 aromatic carbocycles. The molecule has 5 nitrogen and oxygen atoms in total. The topological polar surface area (TPSA) is 60.7 Å². The van der Waals surface area contributed by atoms with Crippen molar-refractivity contribution in [2.45, 2.75) is 6.54 Å². The van der Waals surface area contributed by atoms with E-state index in [1.807, 2.05) is 42.5 Å². The SMILES string of the molecule is O=C(Cn1nnc(-c2ccc(F)cc2)n1)c1ccc(-c2ccccc2)cc1. The predicted molar refractivity (Wildman–Crippen MR) is 99.4 cm³/mol. The average molecular weight is 358 g/mol. The summed E-state index contributed by atoms with van der Waals surface area (Å²) in [6, 6.07) is 23.2. The fourth-order valence-electron chi connectivity index (χ4n) is 2.72. The molecular weight excluding hydrogens is 343 g/mol. The van der Waals surface area contributed by atoms with Gasteiger partial charge < -0.3 is 0 Å². The third-order valence-corrected chi connectivity index (χ3v) is 4.15. The molecule has 0 atom stereocenters. The summed E-state index contributed by atoms with van der Waals surface area (Å²) in [5.74, 6) is -0.0971. The fourth-order valence-corrected chi connectivity index (χ4v) is 2.72. The highest BCUT2D eigenvalue weighted by atomic mass is 19.1. The molecule has 0 radical (unpaired) electrons. The molecule has 0 N–H and O–H groups in total. The van der Waals surface area contributed by atoms with Gasteiger partial charge in [-0.3, -0.25) is 4.79 Å². The number of aromatic nitrogens is 4. The van der Waals surface area contributed by atoms with Crippen LogP contribution in [0.1, 0.15) is 10.4 Å². The van der Waals surface area contributed by atoms with Gasteiger partial charge in [0.15, 0.2) is 5.78 Å². The highest BCUT2D eigenvalue weighted by Crippen LogP contribution is 2.19. The van der Waals surface area contributed by atoms with Crippen molar-refractivity contribution in [3.63, 3.8) is 0 Å². The lowest BCUT2D eigenvalue weighted by Crippen LogP contribution is -2.13. The Balaban J connectivity index is 1.47. The van der Waals surface area contributed by atoms with Gasteiger partial charge in [0, 0.05) is 11.1 Å². The summed E-state index contributed by atoms with van der Waals surface area (Å²) in [6.07, 6.45) is 0. The van der Waals surface area contributed by atoms with Crippen LogP contribution in [0.15, 0.2) is 78.9 Å². The van der Waals surface area contributed by atoms with Crippen molar-refractivity contribution >= 4 is 5.78 Å². The summed E-state index contributed by atoms with van der Waals surface area (Å²) in [5, 5.41) is 12.0. The number of nitrogens with zero attached hydrogens (tertiary/aromatic N) is 4. The van der Waals surface area contributed by atoms with E-state index in [4.69, 9.17) is 0 Å². The number of tetrazole rings is 1. The number of carbonyl (C=O) groups excluding carboxylic acids is 1. The molecule has 0 aliphatic rings. The van der Waals surface area contributed by atoms with E-state index in [2.05, 4.69) is 15.4 Å². The van der Waals surface area contributed by atoms with Gasteiger partial charge in [0.1, 0.15) is 12.4 Å². The molecule has 0 unspecified atom stereocenters. The third kappa shape index (κ3) is 3.79. The van der Waals surface area contributed by atoms with Gasteiger partial charge >= 0.3 is 0 Å². The van der Waals surface area contributed by atoms with Gasteiger partial charge in [-0.25, -0.2) is 4.39 Å². The van der Waals surface area contributed by atoms with Crippen molar-refractivity contribution in [3.05, 3.63) is 90.2 Å². The first-order chi connectivity index (χ1) is 13.2. The van der Waals surface area contributed by atoms with Crippen LogP contribution in [0, 0.1) is 5.82 Å². The van der Waals surface area contributed by atoms with E-state index in [9.17, 15) is 9.18 Å². The molecule has 0 amide bonds. The summed E-state index contributed by atoms with van der Waals surface area (Å²) in [4.78, 5) is 13.7. The lowest BCUT2D eigenvalue weighted by Gasteiger charge is -2.04. The molecule has 0 bridgehead atoms. The number of halogens is 1. The van der Waals surface area contributed by atoms with Gasteiger partial charge in [0.25, 0.3) is 0 Å². The number of benzene rings is 3. The number of ketones is 1. The normalized spacial score (nSPS) is 10.7. The second kappa shape index (κ2) is 7.29. The maximum Gasteiger partial charge on any atom is 0.204 e. The zero-order valence-electron chi connectivity index (χ0n) is 14.3. The molecule has 1 aromatic heterocycles. The lowest BCUT2D eigenvalue weighted by atomic mass is 10.0. The van der Waals surface area contributed by atoms with Crippen molar-refractivity contribution in [1.82, 2.24) is 20.2 Å². The van der Waals surface area contributed by atoms with E-state index in [1.54, 1.807) is 24.3 Å². The number of rotatable bonds is 5. The molecule has 0 aliphatic heterocycles. The molecule has 132 valence electrons. The maximum atomic E-state index is 13.0. The first-order valence-electron chi connectivity index (χ1n) is 8.41. The van der Waals surface area contributed by atoms with E-state index in [0.717, 1.165) is 11.1 Å². The Morgan fingerprint density at radius 3 is 2.15 bits per heavy atom. The van der Waals surface area contributed by atoms with Crippen molar-refractivity contribution in [1.29, 1.82) is 0 Å². The van der Waals surface area contributed by atoms with E-state index >= 15 is 0 Å². The Morgan fingerprint density at radius 2 is 1.44 bits per heavy atom. The zero-order valence-corrected chi connectivity index (χ0v) is 14.3. The van der Waals surface area contributed by atoms with Crippen LogP contribution in [0.4, 0.5) is 4.39 Å². The van der Waals surface area contributed by atoms with Crippen molar-refractivity contribution in [2.24, 2.45) is 0 Å². The van der Waals surface area contributed by atoms with Crippen LogP contribution >= 0.6 is 0 Å². The summed E-state index contributed by atoms with van der Waals surface area (Å²) >= 11 is 0. The zero-order chi connectivity index (χ0) is 18.6. The second-order valence-corrected chi connectivity index (χ2v) is 6.02. The molecule has 0 aliphatic carbocycles. The van der Waals surface area contributed by atoms with Crippen LogP contribution < -0.4 is 0 Å². The highest BCUT2D eigenvalue weighted by Gasteiger charge is 2.11. The molecule has 4 aromatic rings. The summed E-state index contributed by atoms with van der Waals surface area (Å²) in [7, 11) is 0. The number of carbonyl (C=O) groups is 1. The maximum absolute atomic E-state index is 13.0. The smallest absolute Gasteiger partial charge is 0.204 e. The molecule has 0 spiro atoms. The van der Waals surface area contributed by atoms with E-state index in [0.29, 0.717) is 17.0 Å². The Kier molecular flexibility index (Phi) is 4.53. The minimum atomic E-state index is -0.333. The summed E-state index contributed by atoms with van der Waals surface area (Å²) in [5.41, 5.74) is 3.36. The third-order valence-electron chi connectivity index (χ3n) is 4.15. The summed E-state index contributed by atoms with van der Waals surface area (Å²) < 4.78 is 13.0. The van der Waals surface area contributed by atoms with Gasteiger partial charge in [-0.15, -0.1) is 10.2 Å². The molecular formula is C21H15FN4O. The first-order valence-corrected chi connectivity index (χ1v) is 8.41. The number of hydrogen-bond acceptors (Lipinski definition) is 4. The van der Waals surface area contributed by atoms with Crippen molar-refractivity contribution in [3.8, 4) is 22.5 Å². The van der Waals surface area contributed by atoms with Crippen LogP contribution in [0.2, 0.25) is 0 Å². The Labute approximate surface area is 155 Å². The van der Waals surface area contributed by atoms with Crippen LogP contribution in [0.5, 0.6) is 0 Å². The first kappa shape index (κ1) is 16.8. The molecule has 27 heavy (non-hydrogen) atoms. The van der Waals surface area contributed by atoms with Crippen LogP contribution in [-0.2, 0) is 6.54 Å². The average Bonchev–Trinajstić information content (AvgIpc) is 3.18. The molecule has 1 heterocycles. The second-order valence-electron chi connectivity index (χ2n) is 6.02. The van der Waals surface area contributed by atoms with E-state index in [-0.39, 0.29) is 18.1 Å². The van der Waals surface area contributed by atoms with Crippen molar-refractivity contribution < 1.29 is 9.18 Å². The summed E-state index contributed by atoms with van der Waals surface area (Å²) in [6.45, 7) is -0.0150. The monoisotopic (exact) mass is 358 g/mol. The van der Waals surface area contributed by atoms with Gasteiger partial charge in [-0.05, 0) is 40.6 Å². The van der Waals surface area contributed by atoms with E-state index < -0.39 is 0 Å². The minimum Gasteiger partial charge on any atom is -0.292 e. The van der Waals surface area contributed by atoms with Gasteiger partial charge in [-0.2, -0.15) is 4.80 Å². The number of Topliss-reactive ketones (excluding diaryl/α,β-unsaturated/α-hetero) is 1. The Hall–Kier alpha value is -3.67. The van der Waals surface area contributed by atoms with Crippen LogP contribution in [-0.4, -0.2) is 26.0 Å². The van der Waals surface area contributed by atoms with Gasteiger partial charge in [0.2, 0.25) is 5.82 Å². The van der Waals surface area contributed by atoms with E-state index in [1.165, 1.54) is 16.9 Å².